The van der Waals surface area contributed by atoms with Crippen molar-refractivity contribution in [1.82, 2.24) is 15.5 Å². The van der Waals surface area contributed by atoms with Crippen LogP contribution in [0.3, 0.4) is 0 Å². The molecular formula is C20H31N3O2. The Hall–Kier alpha value is -1.59. The van der Waals surface area contributed by atoms with Crippen LogP contribution >= 0.6 is 0 Å². The number of hydrogen-bond donors (Lipinski definition) is 3. The fraction of sp³-hybridized carbons (Fsp3) is 0.650. The van der Waals surface area contributed by atoms with Crippen molar-refractivity contribution in [1.29, 1.82) is 0 Å². The number of likely N-dealkylation sites (tertiary alicyclic amines) is 1. The van der Waals surface area contributed by atoms with E-state index in [0.717, 1.165) is 37.5 Å². The van der Waals surface area contributed by atoms with Gasteiger partial charge in [-0.25, -0.2) is 4.79 Å². The molecule has 138 valence electrons. The van der Waals surface area contributed by atoms with Gasteiger partial charge in [-0.05, 0) is 31.2 Å². The minimum absolute atomic E-state index is 0.161. The number of urea groups is 1. The van der Waals surface area contributed by atoms with E-state index in [1.807, 2.05) is 30.3 Å². The second-order valence-corrected chi connectivity index (χ2v) is 7.45. The third kappa shape index (κ3) is 5.72. The van der Waals surface area contributed by atoms with E-state index in [9.17, 15) is 9.90 Å². The van der Waals surface area contributed by atoms with E-state index in [4.69, 9.17) is 0 Å². The van der Waals surface area contributed by atoms with Gasteiger partial charge in [0.15, 0.2) is 0 Å². The minimum Gasteiger partial charge on any atom is -0.391 e. The van der Waals surface area contributed by atoms with Crippen LogP contribution in [0.2, 0.25) is 0 Å². The van der Waals surface area contributed by atoms with E-state index in [1.165, 1.54) is 25.7 Å². The first-order valence-electron chi connectivity index (χ1n) is 9.71. The lowest BCUT2D eigenvalue weighted by atomic mass is 10.0. The summed E-state index contributed by atoms with van der Waals surface area (Å²) in [5.41, 5.74) is 1.08. The molecule has 25 heavy (non-hydrogen) atoms. The molecule has 1 unspecified atom stereocenters. The van der Waals surface area contributed by atoms with Crippen molar-refractivity contribution >= 4 is 6.03 Å². The number of amides is 2. The van der Waals surface area contributed by atoms with Crippen molar-refractivity contribution in [3.05, 3.63) is 35.9 Å². The highest BCUT2D eigenvalue weighted by atomic mass is 16.3. The zero-order valence-corrected chi connectivity index (χ0v) is 15.0. The Bertz CT molecular complexity index is 523. The maximum atomic E-state index is 12.1. The summed E-state index contributed by atoms with van der Waals surface area (Å²) in [4.78, 5) is 14.7. The first-order chi connectivity index (χ1) is 12.2. The van der Waals surface area contributed by atoms with Crippen molar-refractivity contribution in [2.75, 3.05) is 19.6 Å². The number of piperidine rings is 1. The van der Waals surface area contributed by atoms with E-state index in [-0.39, 0.29) is 18.6 Å². The minimum atomic E-state index is -0.558. The molecule has 2 fully saturated rings. The maximum Gasteiger partial charge on any atom is 0.315 e. The third-order valence-electron chi connectivity index (χ3n) is 5.52. The van der Waals surface area contributed by atoms with Crippen LogP contribution in [0.15, 0.2) is 30.3 Å². The van der Waals surface area contributed by atoms with Gasteiger partial charge in [0.25, 0.3) is 0 Å². The summed E-state index contributed by atoms with van der Waals surface area (Å²) < 4.78 is 0. The second-order valence-electron chi connectivity index (χ2n) is 7.45. The molecular weight excluding hydrogens is 314 g/mol. The van der Waals surface area contributed by atoms with E-state index in [1.54, 1.807) is 0 Å². The molecule has 1 aliphatic carbocycles. The molecule has 5 nitrogen and oxygen atoms in total. The van der Waals surface area contributed by atoms with Crippen molar-refractivity contribution in [2.45, 2.75) is 63.1 Å². The van der Waals surface area contributed by atoms with Crippen LogP contribution in [0.1, 0.15) is 44.1 Å². The van der Waals surface area contributed by atoms with Gasteiger partial charge >= 0.3 is 6.03 Å². The van der Waals surface area contributed by atoms with Gasteiger partial charge in [-0.15, -0.1) is 0 Å². The zero-order chi connectivity index (χ0) is 17.5. The van der Waals surface area contributed by atoms with Crippen LogP contribution in [0.5, 0.6) is 0 Å². The van der Waals surface area contributed by atoms with Gasteiger partial charge < -0.3 is 20.6 Å². The predicted molar refractivity (Wildman–Crippen MR) is 99.5 cm³/mol. The molecule has 0 aromatic heterocycles. The molecule has 5 heteroatoms. The first kappa shape index (κ1) is 18.2. The van der Waals surface area contributed by atoms with Crippen molar-refractivity contribution in [3.8, 4) is 0 Å². The molecule has 0 radical (unpaired) electrons. The lowest BCUT2D eigenvalue weighted by molar-refractivity contribution is 0.143. The predicted octanol–water partition coefficient (Wildman–Crippen LogP) is 2.30. The monoisotopic (exact) mass is 345 g/mol. The number of aliphatic hydroxyl groups excluding tert-OH is 1. The number of carbonyl (C=O) groups excluding carboxylic acids is 1. The Morgan fingerprint density at radius 2 is 1.80 bits per heavy atom. The van der Waals surface area contributed by atoms with E-state index >= 15 is 0 Å². The van der Waals surface area contributed by atoms with E-state index in [0.29, 0.717) is 6.42 Å². The quantitative estimate of drug-likeness (QED) is 0.741. The highest BCUT2D eigenvalue weighted by Gasteiger charge is 2.27. The fourth-order valence-corrected chi connectivity index (χ4v) is 4.08. The van der Waals surface area contributed by atoms with Gasteiger partial charge in [-0.2, -0.15) is 0 Å². The largest absolute Gasteiger partial charge is 0.391 e. The lowest BCUT2D eigenvalue weighted by Crippen LogP contribution is -2.50. The number of rotatable bonds is 6. The molecule has 3 N–H and O–H groups in total. The van der Waals surface area contributed by atoms with Gasteiger partial charge in [-0.1, -0.05) is 43.2 Å². The van der Waals surface area contributed by atoms with Crippen molar-refractivity contribution in [3.63, 3.8) is 0 Å². The normalized spacial score (nSPS) is 21.2. The highest BCUT2D eigenvalue weighted by Crippen LogP contribution is 2.26. The standard InChI is InChI=1S/C20H31N3O2/c24-19(14-16-6-2-1-3-7-16)15-21-20(25)22-17-10-12-23(13-11-17)18-8-4-5-9-18/h1-3,6-7,17-19,24H,4-5,8-15H2,(H2,21,22,25). The summed E-state index contributed by atoms with van der Waals surface area (Å²) in [6.45, 7) is 2.46. The SMILES string of the molecule is O=C(NCC(O)Cc1ccccc1)NC1CCN(C2CCCC2)CC1. The molecule has 0 bridgehead atoms. The smallest absolute Gasteiger partial charge is 0.315 e. The van der Waals surface area contributed by atoms with E-state index in [2.05, 4.69) is 15.5 Å². The Morgan fingerprint density at radius 3 is 2.48 bits per heavy atom. The molecule has 1 aromatic carbocycles. The average molecular weight is 345 g/mol. The summed E-state index contributed by atoms with van der Waals surface area (Å²) in [6.07, 6.45) is 7.48. The van der Waals surface area contributed by atoms with Crippen LogP contribution in [0.25, 0.3) is 0 Å². The Labute approximate surface area is 150 Å². The summed E-state index contributed by atoms with van der Waals surface area (Å²) >= 11 is 0. The molecule has 0 spiro atoms. The zero-order valence-electron chi connectivity index (χ0n) is 15.0. The molecule has 1 aromatic rings. The number of hydrogen-bond acceptors (Lipinski definition) is 3. The van der Waals surface area contributed by atoms with Gasteiger partial charge in [-0.3, -0.25) is 0 Å². The Balaban J connectivity index is 1.31. The topological polar surface area (TPSA) is 64.6 Å². The molecule has 3 rings (SSSR count). The van der Waals surface area contributed by atoms with Crippen molar-refractivity contribution in [2.24, 2.45) is 0 Å². The van der Waals surface area contributed by atoms with Crippen LogP contribution in [-0.4, -0.2) is 53.9 Å². The van der Waals surface area contributed by atoms with Crippen molar-refractivity contribution < 1.29 is 9.90 Å². The first-order valence-corrected chi connectivity index (χ1v) is 9.71. The van der Waals surface area contributed by atoms with Crippen LogP contribution in [-0.2, 0) is 6.42 Å². The van der Waals surface area contributed by atoms with Gasteiger partial charge in [0.2, 0.25) is 0 Å². The summed E-state index contributed by atoms with van der Waals surface area (Å²) in [5.74, 6) is 0. The van der Waals surface area contributed by atoms with Crippen LogP contribution in [0.4, 0.5) is 4.79 Å². The Kier molecular flexibility index (Phi) is 6.70. The molecule has 2 aliphatic rings. The van der Waals surface area contributed by atoms with Gasteiger partial charge in [0, 0.05) is 38.1 Å². The molecule has 1 saturated carbocycles. The highest BCUT2D eigenvalue weighted by molar-refractivity contribution is 5.74. The number of nitrogens with zero attached hydrogens (tertiary/aromatic N) is 1. The lowest BCUT2D eigenvalue weighted by Gasteiger charge is -2.36. The Morgan fingerprint density at radius 1 is 1.12 bits per heavy atom. The second kappa shape index (κ2) is 9.20. The molecule has 2 amide bonds. The van der Waals surface area contributed by atoms with Gasteiger partial charge in [0.1, 0.15) is 0 Å². The number of nitrogens with one attached hydrogen (secondary N) is 2. The van der Waals surface area contributed by atoms with E-state index < -0.39 is 6.10 Å². The maximum absolute atomic E-state index is 12.1. The molecule has 1 saturated heterocycles. The molecule has 1 aliphatic heterocycles. The number of benzene rings is 1. The number of aliphatic hydroxyl groups is 1. The molecule has 1 atom stereocenters. The summed E-state index contributed by atoms with van der Waals surface area (Å²) in [5, 5.41) is 15.9. The average Bonchev–Trinajstić information content (AvgIpc) is 3.16. The fourth-order valence-electron chi connectivity index (χ4n) is 4.08. The van der Waals surface area contributed by atoms with Crippen LogP contribution in [0, 0.1) is 0 Å². The van der Waals surface area contributed by atoms with Crippen LogP contribution < -0.4 is 10.6 Å². The third-order valence-corrected chi connectivity index (χ3v) is 5.52. The van der Waals surface area contributed by atoms with Gasteiger partial charge in [0.05, 0.1) is 6.10 Å². The summed E-state index contributed by atoms with van der Waals surface area (Å²) in [6, 6.07) is 10.7. The summed E-state index contributed by atoms with van der Waals surface area (Å²) in [7, 11) is 0. The number of carbonyl (C=O) groups is 1. The molecule has 1 heterocycles.